The van der Waals surface area contributed by atoms with Crippen molar-refractivity contribution in [2.24, 2.45) is 0 Å². The molecule has 0 aliphatic rings. The summed E-state index contributed by atoms with van der Waals surface area (Å²) in [4.78, 5) is 0. The Morgan fingerprint density at radius 2 is 1.25 bits per heavy atom. The van der Waals surface area contributed by atoms with E-state index in [2.05, 4.69) is 0 Å². The molecule has 0 aromatic carbocycles. The first-order valence-electron chi connectivity index (χ1n) is 2.13. The normalized spacial score (nSPS) is 6.75. The summed E-state index contributed by atoms with van der Waals surface area (Å²) in [7, 11) is 0. The van der Waals surface area contributed by atoms with E-state index in [0.29, 0.717) is 0 Å². The average molecular weight is 164 g/mol. The molecular weight excluding hydrogens is 152 g/mol. The minimum absolute atomic E-state index is 0. The van der Waals surface area contributed by atoms with E-state index in [9.17, 15) is 0 Å². The molecule has 0 bridgehead atoms. The van der Waals surface area contributed by atoms with Crippen molar-refractivity contribution in [3.63, 3.8) is 0 Å². The minimum Gasteiger partial charge on any atom is -1.00 e. The van der Waals surface area contributed by atoms with Crippen LogP contribution in [0.1, 0.15) is 15.7 Å². The fraction of sp³-hybridized carbons (Fsp3) is 1.00. The van der Waals surface area contributed by atoms with Crippen molar-refractivity contribution in [2.75, 3.05) is 13.2 Å². The molecule has 0 amide bonds. The van der Waals surface area contributed by atoms with E-state index in [1.54, 1.807) is 0 Å². The van der Waals surface area contributed by atoms with Crippen LogP contribution in [0, 0.1) is 0 Å². The Labute approximate surface area is 83.7 Å². The largest absolute Gasteiger partial charge is 2.00 e. The molecule has 0 heterocycles. The van der Waals surface area contributed by atoms with Crippen LogP contribution >= 0.6 is 0 Å². The zero-order valence-corrected chi connectivity index (χ0v) is 7.91. The Morgan fingerprint density at radius 1 is 1.00 bits per heavy atom. The molecule has 0 spiro atoms. The number of aliphatic hydroxyl groups is 2. The van der Waals surface area contributed by atoms with Crippen LogP contribution in [0.5, 0.6) is 0 Å². The molecule has 0 aliphatic carbocycles. The van der Waals surface area contributed by atoms with Crippen LogP contribution in [0.3, 0.4) is 0 Å². The molecule has 0 saturated carbocycles. The molecule has 0 aliphatic heterocycles. The third-order valence-corrected chi connectivity index (χ3v) is 0.566. The second-order valence-electron chi connectivity index (χ2n) is 1.15. The van der Waals surface area contributed by atoms with Gasteiger partial charge in [-0.2, -0.15) is 0 Å². The Bertz CT molecular complexity index is 33.2. The van der Waals surface area contributed by atoms with Gasteiger partial charge in [-0.25, -0.2) is 0 Å². The number of hydrogen-bond acceptors (Lipinski definition) is 2. The number of rotatable bonds is 3. The number of aliphatic hydroxyl groups excluding tert-OH is 2. The predicted octanol–water partition coefficient (Wildman–Crippen LogP) is -0.407. The van der Waals surface area contributed by atoms with E-state index >= 15 is 0 Å². The van der Waals surface area contributed by atoms with Gasteiger partial charge in [-0.3, -0.25) is 0 Å². The van der Waals surface area contributed by atoms with Crippen molar-refractivity contribution in [1.29, 1.82) is 0 Å². The van der Waals surface area contributed by atoms with Crippen molar-refractivity contribution >= 4 is 23.1 Å². The van der Waals surface area contributed by atoms with Crippen LogP contribution < -0.4 is 0 Å². The SMILES string of the molecule is OCCCCO.[H-].[H-].[Mg+2].[Ti]. The summed E-state index contributed by atoms with van der Waals surface area (Å²) in [5, 5.41) is 16.2. The molecule has 0 fully saturated rings. The molecular formula is C4H12MgO2Ti. The van der Waals surface area contributed by atoms with Gasteiger partial charge in [0.15, 0.2) is 0 Å². The van der Waals surface area contributed by atoms with Gasteiger partial charge in [-0.05, 0) is 12.8 Å². The van der Waals surface area contributed by atoms with Gasteiger partial charge in [0.25, 0.3) is 0 Å². The monoisotopic (exact) mass is 164 g/mol. The topological polar surface area (TPSA) is 40.5 Å². The van der Waals surface area contributed by atoms with Gasteiger partial charge in [0.1, 0.15) is 0 Å². The van der Waals surface area contributed by atoms with Gasteiger partial charge in [0.05, 0.1) is 0 Å². The molecule has 0 atom stereocenters. The van der Waals surface area contributed by atoms with E-state index in [1.165, 1.54) is 0 Å². The van der Waals surface area contributed by atoms with Gasteiger partial charge in [-0.15, -0.1) is 0 Å². The summed E-state index contributed by atoms with van der Waals surface area (Å²) in [5.41, 5.74) is 0. The minimum atomic E-state index is 0. The van der Waals surface area contributed by atoms with Crippen LogP contribution in [-0.2, 0) is 21.7 Å². The number of unbranched alkanes of at least 4 members (excludes halogenated alkanes) is 1. The van der Waals surface area contributed by atoms with Gasteiger partial charge in [0, 0.05) is 34.9 Å². The van der Waals surface area contributed by atoms with E-state index in [0.717, 1.165) is 12.8 Å². The predicted molar refractivity (Wildman–Crippen MR) is 31.4 cm³/mol. The first kappa shape index (κ1) is 16.2. The number of hydrogen-bond donors (Lipinski definition) is 2. The molecule has 4 heteroatoms. The second-order valence-corrected chi connectivity index (χ2v) is 1.15. The first-order chi connectivity index (χ1) is 2.91. The van der Waals surface area contributed by atoms with Crippen molar-refractivity contribution in [3.8, 4) is 0 Å². The summed E-state index contributed by atoms with van der Waals surface area (Å²) in [6, 6.07) is 0. The molecule has 0 aromatic heterocycles. The molecule has 0 saturated heterocycles. The third-order valence-electron chi connectivity index (χ3n) is 0.566. The maximum absolute atomic E-state index is 8.09. The van der Waals surface area contributed by atoms with Crippen LogP contribution in [0.25, 0.3) is 0 Å². The van der Waals surface area contributed by atoms with Crippen molar-refractivity contribution in [2.45, 2.75) is 12.8 Å². The van der Waals surface area contributed by atoms with E-state index in [4.69, 9.17) is 10.2 Å². The summed E-state index contributed by atoms with van der Waals surface area (Å²) in [5.74, 6) is 0. The second kappa shape index (κ2) is 15.8. The maximum Gasteiger partial charge on any atom is 2.00 e. The molecule has 2 N–H and O–H groups in total. The van der Waals surface area contributed by atoms with Crippen molar-refractivity contribution in [3.05, 3.63) is 0 Å². The molecule has 46 valence electrons. The summed E-state index contributed by atoms with van der Waals surface area (Å²) in [6.07, 6.45) is 1.44. The fourth-order valence-corrected chi connectivity index (χ4v) is 0.224. The third kappa shape index (κ3) is 15.7. The smallest absolute Gasteiger partial charge is 1.00 e. The van der Waals surface area contributed by atoms with Gasteiger partial charge in [0.2, 0.25) is 0 Å². The van der Waals surface area contributed by atoms with Gasteiger partial charge >= 0.3 is 23.1 Å². The summed E-state index contributed by atoms with van der Waals surface area (Å²) in [6.45, 7) is 0.390. The quantitative estimate of drug-likeness (QED) is 0.440. The molecule has 0 rings (SSSR count). The summed E-state index contributed by atoms with van der Waals surface area (Å²) >= 11 is 0. The molecule has 0 aromatic rings. The van der Waals surface area contributed by atoms with Crippen LogP contribution in [0.2, 0.25) is 0 Å². The van der Waals surface area contributed by atoms with Gasteiger partial charge < -0.3 is 13.1 Å². The van der Waals surface area contributed by atoms with Crippen LogP contribution in [0.15, 0.2) is 0 Å². The average Bonchev–Trinajstić information content (AvgIpc) is 1.61. The Morgan fingerprint density at radius 3 is 1.38 bits per heavy atom. The maximum atomic E-state index is 8.09. The van der Waals surface area contributed by atoms with Crippen LogP contribution in [-0.4, -0.2) is 46.5 Å². The first-order valence-corrected chi connectivity index (χ1v) is 2.13. The van der Waals surface area contributed by atoms with Gasteiger partial charge in [-0.1, -0.05) is 0 Å². The Balaban J connectivity index is -0.0000000208. The zero-order valence-electron chi connectivity index (χ0n) is 6.93. The van der Waals surface area contributed by atoms with E-state index < -0.39 is 0 Å². The zero-order chi connectivity index (χ0) is 4.83. The molecule has 8 heavy (non-hydrogen) atoms. The fourth-order valence-electron chi connectivity index (χ4n) is 0.224. The summed E-state index contributed by atoms with van der Waals surface area (Å²) < 4.78 is 0. The molecule has 2 nitrogen and oxygen atoms in total. The van der Waals surface area contributed by atoms with Crippen molar-refractivity contribution in [1.82, 2.24) is 0 Å². The Hall–Kier alpha value is 1.40. The standard InChI is InChI=1S/C4H10O2.Mg.Ti.2H/c5-3-1-2-4-6;;;;/h5-6H,1-4H2;;;;/q;+2;;2*-1. The Kier molecular flexibility index (Phi) is 31.9. The molecule has 0 unspecified atom stereocenters. The van der Waals surface area contributed by atoms with Crippen molar-refractivity contribution < 1.29 is 34.8 Å². The van der Waals surface area contributed by atoms with Crippen LogP contribution in [0.4, 0.5) is 0 Å². The van der Waals surface area contributed by atoms with E-state index in [-0.39, 0.29) is 60.8 Å². The van der Waals surface area contributed by atoms with E-state index in [1.807, 2.05) is 0 Å². The molecule has 0 radical (unpaired) electrons.